The summed E-state index contributed by atoms with van der Waals surface area (Å²) in [5.41, 5.74) is 0.403. The van der Waals surface area contributed by atoms with Gasteiger partial charge in [-0.2, -0.15) is 0 Å². The second kappa shape index (κ2) is 11.3. The molecule has 0 N–H and O–H groups in total. The van der Waals surface area contributed by atoms with Crippen LogP contribution in [0.5, 0.6) is 11.6 Å². The molecule has 1 aromatic carbocycles. The summed E-state index contributed by atoms with van der Waals surface area (Å²) in [7, 11) is 1.59. The maximum atomic E-state index is 14.2. The number of para-hydroxylation sites is 1. The molecule has 1 fully saturated rings. The molecule has 0 saturated carbocycles. The van der Waals surface area contributed by atoms with Crippen molar-refractivity contribution in [1.82, 2.24) is 14.8 Å². The fourth-order valence-corrected chi connectivity index (χ4v) is 5.19. The van der Waals surface area contributed by atoms with Crippen LogP contribution in [0.4, 0.5) is 19.3 Å². The highest BCUT2D eigenvalue weighted by molar-refractivity contribution is 5.97. The monoisotopic (exact) mass is 560 g/mol. The standard InChI is InChI=1S/C29H38F2N4O5/c1-18-13-33(19(16-38-7)14-34(18)27(37)40-28(2,3)4)15-25(36)35-17-29(5,6)20-12-32-24(11-23(20)35)39-26-21(30)9-8-10-22(26)31/h8-12,18-19H,13-17H2,1-7H3/t18-,19?/m1/s1. The minimum Gasteiger partial charge on any atom is -0.444 e. The van der Waals surface area contributed by atoms with E-state index in [1.807, 2.05) is 46.4 Å². The number of piperazine rings is 1. The van der Waals surface area contributed by atoms with E-state index >= 15 is 0 Å². The molecule has 1 unspecified atom stereocenters. The van der Waals surface area contributed by atoms with Crippen LogP contribution in [0.3, 0.4) is 0 Å². The van der Waals surface area contributed by atoms with Gasteiger partial charge in [0.1, 0.15) is 5.60 Å². The van der Waals surface area contributed by atoms with Crippen molar-refractivity contribution in [1.29, 1.82) is 0 Å². The maximum Gasteiger partial charge on any atom is 0.410 e. The lowest BCUT2D eigenvalue weighted by atomic mass is 9.88. The average molecular weight is 561 g/mol. The number of aromatic nitrogens is 1. The predicted molar refractivity (Wildman–Crippen MR) is 146 cm³/mol. The number of hydrogen-bond donors (Lipinski definition) is 0. The van der Waals surface area contributed by atoms with Crippen molar-refractivity contribution in [2.45, 2.75) is 64.6 Å². The van der Waals surface area contributed by atoms with Crippen molar-refractivity contribution in [2.24, 2.45) is 0 Å². The van der Waals surface area contributed by atoms with E-state index in [1.54, 1.807) is 29.2 Å². The first-order valence-corrected chi connectivity index (χ1v) is 13.4. The van der Waals surface area contributed by atoms with Crippen LogP contribution in [0.15, 0.2) is 30.5 Å². The van der Waals surface area contributed by atoms with Gasteiger partial charge in [-0.05, 0) is 39.8 Å². The number of methoxy groups -OCH3 is 1. The first kappa shape index (κ1) is 29.7. The van der Waals surface area contributed by atoms with Gasteiger partial charge < -0.3 is 24.0 Å². The number of ether oxygens (including phenoxy) is 3. The third kappa shape index (κ3) is 6.36. The van der Waals surface area contributed by atoms with Gasteiger partial charge in [0.05, 0.1) is 24.9 Å². The van der Waals surface area contributed by atoms with Crippen molar-refractivity contribution in [2.75, 3.05) is 44.8 Å². The highest BCUT2D eigenvalue weighted by Crippen LogP contribution is 2.42. The molecular weight excluding hydrogens is 522 g/mol. The SMILES string of the molecule is COCC1CN(C(=O)OC(C)(C)C)[C@H](C)CN1CC(=O)N1CC(C)(C)c2cnc(Oc3c(F)cccc3F)cc21. The smallest absolute Gasteiger partial charge is 0.410 e. The van der Waals surface area contributed by atoms with E-state index in [0.29, 0.717) is 31.9 Å². The normalized spacial score (nSPS) is 20.8. The van der Waals surface area contributed by atoms with Crippen LogP contribution in [0.2, 0.25) is 0 Å². The van der Waals surface area contributed by atoms with Crippen LogP contribution in [0.1, 0.15) is 47.1 Å². The van der Waals surface area contributed by atoms with Crippen molar-refractivity contribution < 1.29 is 32.6 Å². The quantitative estimate of drug-likeness (QED) is 0.505. The summed E-state index contributed by atoms with van der Waals surface area (Å²) in [6.45, 7) is 13.1. The van der Waals surface area contributed by atoms with Gasteiger partial charge in [-0.1, -0.05) is 19.9 Å². The minimum atomic E-state index is -0.848. The van der Waals surface area contributed by atoms with E-state index in [4.69, 9.17) is 14.2 Å². The largest absolute Gasteiger partial charge is 0.444 e. The zero-order valence-electron chi connectivity index (χ0n) is 24.2. The minimum absolute atomic E-state index is 0.0184. The van der Waals surface area contributed by atoms with E-state index in [0.717, 1.165) is 17.7 Å². The number of nitrogens with zero attached hydrogens (tertiary/aromatic N) is 4. The molecule has 0 spiro atoms. The topological polar surface area (TPSA) is 84.4 Å². The molecule has 2 aliphatic rings. The lowest BCUT2D eigenvalue weighted by molar-refractivity contribution is -0.121. The predicted octanol–water partition coefficient (Wildman–Crippen LogP) is 4.73. The lowest BCUT2D eigenvalue weighted by Crippen LogP contribution is -2.62. The van der Waals surface area contributed by atoms with Gasteiger partial charge in [0, 0.05) is 56.0 Å². The summed E-state index contributed by atoms with van der Waals surface area (Å²) in [6.07, 6.45) is 1.19. The van der Waals surface area contributed by atoms with Crippen LogP contribution >= 0.6 is 0 Å². The first-order valence-electron chi connectivity index (χ1n) is 13.4. The highest BCUT2D eigenvalue weighted by atomic mass is 19.1. The average Bonchev–Trinajstić information content (AvgIpc) is 3.12. The number of carbonyl (C=O) groups excluding carboxylic acids is 2. The molecule has 0 bridgehead atoms. The molecule has 1 saturated heterocycles. The van der Waals surface area contributed by atoms with Gasteiger partial charge in [-0.15, -0.1) is 0 Å². The summed E-state index contributed by atoms with van der Waals surface area (Å²) < 4.78 is 44.9. The van der Waals surface area contributed by atoms with Crippen LogP contribution < -0.4 is 9.64 Å². The Morgan fingerprint density at radius 1 is 1.15 bits per heavy atom. The summed E-state index contributed by atoms with van der Waals surface area (Å²) in [5, 5.41) is 0. The Morgan fingerprint density at radius 2 is 1.82 bits per heavy atom. The molecule has 9 nitrogen and oxygen atoms in total. The molecule has 2 amide bonds. The molecule has 11 heteroatoms. The molecule has 40 heavy (non-hydrogen) atoms. The van der Waals surface area contributed by atoms with Gasteiger partial charge in [0.25, 0.3) is 0 Å². The second-order valence-corrected chi connectivity index (χ2v) is 12.1. The number of amides is 2. The summed E-state index contributed by atoms with van der Waals surface area (Å²) >= 11 is 0. The Kier molecular flexibility index (Phi) is 8.37. The van der Waals surface area contributed by atoms with Crippen molar-refractivity contribution in [3.05, 3.63) is 47.7 Å². The zero-order chi connectivity index (χ0) is 29.4. The summed E-state index contributed by atoms with van der Waals surface area (Å²) in [6, 6.07) is 4.60. The summed E-state index contributed by atoms with van der Waals surface area (Å²) in [4.78, 5) is 36.2. The van der Waals surface area contributed by atoms with Gasteiger partial charge >= 0.3 is 6.09 Å². The molecule has 2 aromatic rings. The number of halogens is 2. The van der Waals surface area contributed by atoms with Crippen LogP contribution in [-0.2, 0) is 19.7 Å². The van der Waals surface area contributed by atoms with E-state index < -0.39 is 34.5 Å². The Balaban J connectivity index is 1.54. The van der Waals surface area contributed by atoms with Gasteiger partial charge in [-0.3, -0.25) is 9.69 Å². The molecule has 218 valence electrons. The Morgan fingerprint density at radius 3 is 2.45 bits per heavy atom. The van der Waals surface area contributed by atoms with Gasteiger partial charge in [0.2, 0.25) is 17.5 Å². The lowest BCUT2D eigenvalue weighted by Gasteiger charge is -2.45. The maximum absolute atomic E-state index is 14.2. The first-order chi connectivity index (χ1) is 18.7. The van der Waals surface area contributed by atoms with Crippen LogP contribution in [-0.4, -0.2) is 84.4 Å². The number of fused-ring (bicyclic) bond motifs is 1. The van der Waals surface area contributed by atoms with E-state index in [9.17, 15) is 18.4 Å². The number of hydrogen-bond acceptors (Lipinski definition) is 7. The molecule has 2 atom stereocenters. The van der Waals surface area contributed by atoms with Crippen molar-refractivity contribution in [3.8, 4) is 11.6 Å². The van der Waals surface area contributed by atoms with E-state index in [1.165, 1.54) is 6.07 Å². The number of benzene rings is 1. The van der Waals surface area contributed by atoms with E-state index in [-0.39, 0.29) is 30.4 Å². The van der Waals surface area contributed by atoms with Gasteiger partial charge in [0.15, 0.2) is 11.6 Å². The second-order valence-electron chi connectivity index (χ2n) is 12.1. The molecule has 0 aliphatic carbocycles. The number of rotatable bonds is 6. The van der Waals surface area contributed by atoms with E-state index in [2.05, 4.69) is 4.98 Å². The molecule has 3 heterocycles. The van der Waals surface area contributed by atoms with Crippen LogP contribution in [0.25, 0.3) is 0 Å². The third-order valence-corrected chi connectivity index (χ3v) is 7.14. The Bertz CT molecular complexity index is 1250. The van der Waals surface area contributed by atoms with Crippen LogP contribution in [0, 0.1) is 11.6 Å². The Labute approximate surface area is 234 Å². The van der Waals surface area contributed by atoms with Crippen molar-refractivity contribution >= 4 is 17.7 Å². The molecule has 4 rings (SSSR count). The third-order valence-electron chi connectivity index (χ3n) is 7.14. The molecule has 2 aliphatic heterocycles. The number of carbonyl (C=O) groups is 2. The fourth-order valence-electron chi connectivity index (χ4n) is 5.19. The number of anilines is 1. The molecule has 0 radical (unpaired) electrons. The molecule has 1 aromatic heterocycles. The molecular formula is C29H38F2N4O5. The van der Waals surface area contributed by atoms with Crippen molar-refractivity contribution in [3.63, 3.8) is 0 Å². The fraction of sp³-hybridized carbons (Fsp3) is 0.552. The highest BCUT2D eigenvalue weighted by Gasteiger charge is 2.42. The zero-order valence-corrected chi connectivity index (χ0v) is 24.2. The van der Waals surface area contributed by atoms with Gasteiger partial charge in [-0.25, -0.2) is 18.6 Å². The summed E-state index contributed by atoms with van der Waals surface area (Å²) in [5.74, 6) is -2.42. The Hall–Kier alpha value is -3.31. The number of pyridine rings is 1.